The van der Waals surface area contributed by atoms with Gasteiger partial charge in [0.25, 0.3) is 5.91 Å². The summed E-state index contributed by atoms with van der Waals surface area (Å²) in [6.07, 6.45) is 1.19. The molecule has 132 valence electrons. The number of rotatable bonds is 3. The standard InChI is InChI=1S/C17H18FN3O4/c18-12-6-11-9(5-14(12)25-10-3-4-19-7-10)8-21(17(11)24)13-1-2-15(22)20-16(13)23/h5-6,10,13,19H,1-4,7-8H2,(H,20,22,23). The van der Waals surface area contributed by atoms with E-state index >= 15 is 0 Å². The monoisotopic (exact) mass is 347 g/mol. The zero-order chi connectivity index (χ0) is 17.6. The molecule has 3 aliphatic heterocycles. The fourth-order valence-electron chi connectivity index (χ4n) is 3.57. The lowest BCUT2D eigenvalue weighted by Gasteiger charge is -2.29. The van der Waals surface area contributed by atoms with E-state index in [0.717, 1.165) is 13.0 Å². The van der Waals surface area contributed by atoms with Crippen molar-refractivity contribution in [1.29, 1.82) is 0 Å². The van der Waals surface area contributed by atoms with E-state index in [1.54, 1.807) is 6.07 Å². The molecule has 25 heavy (non-hydrogen) atoms. The van der Waals surface area contributed by atoms with Crippen LogP contribution in [0.5, 0.6) is 5.75 Å². The van der Waals surface area contributed by atoms with Gasteiger partial charge >= 0.3 is 0 Å². The first-order chi connectivity index (χ1) is 12.0. The maximum absolute atomic E-state index is 14.3. The Bertz CT molecular complexity index is 761. The highest BCUT2D eigenvalue weighted by atomic mass is 19.1. The predicted octanol–water partition coefficient (Wildman–Crippen LogP) is 0.327. The van der Waals surface area contributed by atoms with Gasteiger partial charge in [-0.15, -0.1) is 0 Å². The minimum atomic E-state index is -0.705. The molecular weight excluding hydrogens is 329 g/mol. The number of carbonyl (C=O) groups is 3. The molecule has 0 aromatic heterocycles. The van der Waals surface area contributed by atoms with Crippen LogP contribution >= 0.6 is 0 Å². The van der Waals surface area contributed by atoms with Crippen LogP contribution in [0.1, 0.15) is 35.2 Å². The van der Waals surface area contributed by atoms with E-state index < -0.39 is 23.7 Å². The van der Waals surface area contributed by atoms with Crippen molar-refractivity contribution in [3.63, 3.8) is 0 Å². The van der Waals surface area contributed by atoms with Gasteiger partial charge in [0.2, 0.25) is 11.8 Å². The third kappa shape index (κ3) is 2.86. The summed E-state index contributed by atoms with van der Waals surface area (Å²) in [6, 6.07) is 2.03. The van der Waals surface area contributed by atoms with Crippen LogP contribution in [0.2, 0.25) is 0 Å². The third-order valence-corrected chi connectivity index (χ3v) is 4.88. The largest absolute Gasteiger partial charge is 0.486 e. The number of amides is 3. The average molecular weight is 347 g/mol. The SMILES string of the molecule is O=C1CCC(N2Cc3cc(OC4CCNC4)c(F)cc3C2=O)C(=O)N1. The Kier molecular flexibility index (Phi) is 3.91. The van der Waals surface area contributed by atoms with Crippen LogP contribution in [0.25, 0.3) is 0 Å². The van der Waals surface area contributed by atoms with Crippen molar-refractivity contribution >= 4 is 17.7 Å². The van der Waals surface area contributed by atoms with Crippen LogP contribution in [0.4, 0.5) is 4.39 Å². The van der Waals surface area contributed by atoms with Gasteiger partial charge in [-0.05, 0) is 37.1 Å². The number of piperidine rings is 1. The number of nitrogens with zero attached hydrogens (tertiary/aromatic N) is 1. The highest BCUT2D eigenvalue weighted by Gasteiger charge is 2.39. The zero-order valence-electron chi connectivity index (χ0n) is 13.5. The molecule has 2 fully saturated rings. The highest BCUT2D eigenvalue weighted by molar-refractivity contribution is 6.05. The first kappa shape index (κ1) is 16.0. The number of carbonyl (C=O) groups excluding carboxylic acids is 3. The maximum atomic E-state index is 14.3. The van der Waals surface area contributed by atoms with Crippen LogP contribution in [0.15, 0.2) is 12.1 Å². The van der Waals surface area contributed by atoms with E-state index in [1.165, 1.54) is 11.0 Å². The highest BCUT2D eigenvalue weighted by Crippen LogP contribution is 2.32. The van der Waals surface area contributed by atoms with Crippen LogP contribution in [-0.2, 0) is 16.1 Å². The first-order valence-electron chi connectivity index (χ1n) is 8.37. The van der Waals surface area contributed by atoms with E-state index in [2.05, 4.69) is 10.6 Å². The second-order valence-electron chi connectivity index (χ2n) is 6.57. The second-order valence-corrected chi connectivity index (χ2v) is 6.57. The Morgan fingerprint density at radius 2 is 2.04 bits per heavy atom. The van der Waals surface area contributed by atoms with Crippen molar-refractivity contribution in [2.24, 2.45) is 0 Å². The molecule has 0 bridgehead atoms. The summed E-state index contributed by atoms with van der Waals surface area (Å²) in [5, 5.41) is 5.40. The van der Waals surface area contributed by atoms with Gasteiger partial charge in [-0.25, -0.2) is 4.39 Å². The van der Waals surface area contributed by atoms with E-state index in [9.17, 15) is 18.8 Å². The van der Waals surface area contributed by atoms with Crippen molar-refractivity contribution in [2.45, 2.75) is 38.0 Å². The normalized spacial score (nSPS) is 26.0. The van der Waals surface area contributed by atoms with E-state index in [0.29, 0.717) is 12.1 Å². The Labute approximate surface area is 143 Å². The zero-order valence-corrected chi connectivity index (χ0v) is 13.5. The molecule has 8 heteroatoms. The summed E-state index contributed by atoms with van der Waals surface area (Å²) in [4.78, 5) is 37.3. The summed E-state index contributed by atoms with van der Waals surface area (Å²) >= 11 is 0. The quantitative estimate of drug-likeness (QED) is 0.770. The summed E-state index contributed by atoms with van der Waals surface area (Å²) < 4.78 is 20.0. The molecule has 3 heterocycles. The van der Waals surface area contributed by atoms with Gasteiger partial charge in [0.05, 0.1) is 0 Å². The van der Waals surface area contributed by atoms with Crippen molar-refractivity contribution in [3.8, 4) is 5.75 Å². The molecule has 2 unspecified atom stereocenters. The van der Waals surface area contributed by atoms with Gasteiger partial charge < -0.3 is 15.0 Å². The number of nitrogens with one attached hydrogen (secondary N) is 2. The molecular formula is C17H18FN3O4. The number of benzene rings is 1. The molecule has 2 N–H and O–H groups in total. The smallest absolute Gasteiger partial charge is 0.255 e. The van der Waals surface area contributed by atoms with E-state index in [1.807, 2.05) is 0 Å². The third-order valence-electron chi connectivity index (χ3n) is 4.88. The molecule has 0 aliphatic carbocycles. The van der Waals surface area contributed by atoms with Gasteiger partial charge in [0.15, 0.2) is 11.6 Å². The van der Waals surface area contributed by atoms with Gasteiger partial charge in [0.1, 0.15) is 12.1 Å². The van der Waals surface area contributed by atoms with Gasteiger partial charge in [-0.1, -0.05) is 0 Å². The summed E-state index contributed by atoms with van der Waals surface area (Å²) in [5.41, 5.74) is 0.885. The van der Waals surface area contributed by atoms with Crippen molar-refractivity contribution in [3.05, 3.63) is 29.1 Å². The number of halogens is 1. The van der Waals surface area contributed by atoms with Crippen LogP contribution in [0, 0.1) is 5.82 Å². The second kappa shape index (κ2) is 6.11. The lowest BCUT2D eigenvalue weighted by atomic mass is 10.0. The van der Waals surface area contributed by atoms with Gasteiger partial charge in [-0.3, -0.25) is 19.7 Å². The molecule has 7 nitrogen and oxygen atoms in total. The molecule has 0 spiro atoms. The number of ether oxygens (including phenoxy) is 1. The number of imide groups is 1. The van der Waals surface area contributed by atoms with Crippen LogP contribution in [-0.4, -0.2) is 47.9 Å². The summed E-state index contributed by atoms with van der Waals surface area (Å²) in [5.74, 6) is -1.66. The molecule has 0 saturated carbocycles. The Morgan fingerprint density at radius 1 is 1.20 bits per heavy atom. The number of hydrogen-bond acceptors (Lipinski definition) is 5. The molecule has 2 atom stereocenters. The Balaban J connectivity index is 1.56. The maximum Gasteiger partial charge on any atom is 0.255 e. The summed E-state index contributed by atoms with van der Waals surface area (Å²) in [6.45, 7) is 1.71. The fourth-order valence-corrected chi connectivity index (χ4v) is 3.57. The summed E-state index contributed by atoms with van der Waals surface area (Å²) in [7, 11) is 0. The lowest BCUT2D eigenvalue weighted by molar-refractivity contribution is -0.136. The molecule has 0 radical (unpaired) electrons. The molecule has 1 aromatic carbocycles. The number of fused-ring (bicyclic) bond motifs is 1. The molecule has 3 aliphatic rings. The lowest BCUT2D eigenvalue weighted by Crippen LogP contribution is -2.52. The molecule has 4 rings (SSSR count). The minimum Gasteiger partial charge on any atom is -0.486 e. The van der Waals surface area contributed by atoms with Crippen molar-refractivity contribution in [1.82, 2.24) is 15.5 Å². The Hall–Kier alpha value is -2.48. The number of hydrogen-bond donors (Lipinski definition) is 2. The van der Waals surface area contributed by atoms with Gasteiger partial charge in [0, 0.05) is 25.1 Å². The molecule has 2 saturated heterocycles. The molecule has 1 aromatic rings. The first-order valence-corrected chi connectivity index (χ1v) is 8.37. The molecule has 3 amide bonds. The van der Waals surface area contributed by atoms with Crippen molar-refractivity contribution < 1.29 is 23.5 Å². The topological polar surface area (TPSA) is 87.7 Å². The van der Waals surface area contributed by atoms with Crippen LogP contribution in [0.3, 0.4) is 0 Å². The van der Waals surface area contributed by atoms with E-state index in [-0.39, 0.29) is 42.7 Å². The average Bonchev–Trinajstić information content (AvgIpc) is 3.18. The van der Waals surface area contributed by atoms with Crippen LogP contribution < -0.4 is 15.4 Å². The fraction of sp³-hybridized carbons (Fsp3) is 0.471. The minimum absolute atomic E-state index is 0.0871. The van der Waals surface area contributed by atoms with E-state index in [4.69, 9.17) is 4.74 Å². The predicted molar refractivity (Wildman–Crippen MR) is 84.3 cm³/mol. The Morgan fingerprint density at radius 3 is 2.76 bits per heavy atom. The van der Waals surface area contributed by atoms with Gasteiger partial charge in [-0.2, -0.15) is 0 Å². The van der Waals surface area contributed by atoms with Crippen molar-refractivity contribution in [2.75, 3.05) is 13.1 Å².